The van der Waals surface area contributed by atoms with Crippen molar-refractivity contribution in [3.8, 4) is 10.6 Å². The Morgan fingerprint density at radius 3 is 2.06 bits per heavy atom. The fraction of sp³-hybridized carbons (Fsp3) is 0.240. The van der Waals surface area contributed by atoms with Crippen molar-refractivity contribution in [3.63, 3.8) is 0 Å². The number of fused-ring (bicyclic) bond motifs is 1. The number of nitrogens with zero attached hydrogens (tertiary/aromatic N) is 2. The molecule has 0 aliphatic heterocycles. The highest BCUT2D eigenvalue weighted by Crippen LogP contribution is 2.65. The fourth-order valence-corrected chi connectivity index (χ4v) is 5.47. The van der Waals surface area contributed by atoms with E-state index in [0.29, 0.717) is 11.1 Å². The molecule has 0 radical (unpaired) electrons. The molecule has 0 bridgehead atoms. The third-order valence-electron chi connectivity index (χ3n) is 6.37. The van der Waals surface area contributed by atoms with Gasteiger partial charge in [0.15, 0.2) is 0 Å². The number of hydrogen-bond donors (Lipinski definition) is 0. The maximum atomic E-state index is 15.4. The van der Waals surface area contributed by atoms with Crippen molar-refractivity contribution in [3.05, 3.63) is 76.4 Å². The number of benzene rings is 2. The molecule has 2 aromatic carbocycles. The number of para-hydroxylation sites is 1. The second-order valence-corrected chi connectivity index (χ2v) is 9.50. The molecule has 9 heteroatoms. The highest BCUT2D eigenvalue weighted by molar-refractivity contribution is 7.15. The van der Waals surface area contributed by atoms with E-state index in [4.69, 9.17) is 0 Å². The number of aromatic nitrogens is 2. The normalized spacial score (nSPS) is 18.7. The van der Waals surface area contributed by atoms with Crippen LogP contribution in [0.2, 0.25) is 0 Å². The predicted molar refractivity (Wildman–Crippen MR) is 122 cm³/mol. The highest BCUT2D eigenvalue weighted by Gasteiger charge is 2.81. The third kappa shape index (κ3) is 2.79. The van der Waals surface area contributed by atoms with E-state index in [2.05, 4.69) is 4.98 Å². The largest absolute Gasteiger partial charge is 0.380 e. The van der Waals surface area contributed by atoms with E-state index >= 15 is 17.6 Å². The van der Waals surface area contributed by atoms with Gasteiger partial charge in [-0.05, 0) is 19.9 Å². The lowest BCUT2D eigenvalue weighted by molar-refractivity contribution is -0.254. The van der Waals surface area contributed by atoms with Gasteiger partial charge in [-0.3, -0.25) is 0 Å². The molecule has 0 atom stereocenters. The van der Waals surface area contributed by atoms with Gasteiger partial charge in [0.2, 0.25) is 0 Å². The van der Waals surface area contributed by atoms with Gasteiger partial charge >= 0.3 is 17.8 Å². The van der Waals surface area contributed by atoms with E-state index in [9.17, 15) is 8.78 Å². The van der Waals surface area contributed by atoms with Crippen LogP contribution in [0, 0.1) is 13.8 Å². The summed E-state index contributed by atoms with van der Waals surface area (Å²) in [5.74, 6) is -15.9. The first-order valence-corrected chi connectivity index (χ1v) is 11.2. The van der Waals surface area contributed by atoms with Crippen LogP contribution in [-0.2, 0) is 7.05 Å². The van der Waals surface area contributed by atoms with Crippen LogP contribution in [0.1, 0.15) is 21.8 Å². The molecule has 0 amide bonds. The van der Waals surface area contributed by atoms with Crippen molar-refractivity contribution < 1.29 is 26.3 Å². The summed E-state index contributed by atoms with van der Waals surface area (Å²) < 4.78 is 92.5. The van der Waals surface area contributed by atoms with Gasteiger partial charge in [-0.15, -0.1) is 11.3 Å². The molecule has 0 unspecified atom stereocenters. The zero-order valence-corrected chi connectivity index (χ0v) is 19.1. The van der Waals surface area contributed by atoms with E-state index in [0.717, 1.165) is 11.3 Å². The Labute approximate surface area is 195 Å². The lowest BCUT2D eigenvalue weighted by atomic mass is 9.95. The van der Waals surface area contributed by atoms with Crippen LogP contribution < -0.4 is 0 Å². The lowest BCUT2D eigenvalue weighted by Gasteiger charge is -2.25. The molecule has 0 saturated carbocycles. The van der Waals surface area contributed by atoms with E-state index in [1.807, 2.05) is 0 Å². The molecular weight excluding hydrogens is 474 g/mol. The maximum Gasteiger partial charge on any atom is 0.380 e. The smallest absolute Gasteiger partial charge is 0.347 e. The van der Waals surface area contributed by atoms with Crippen LogP contribution in [0.15, 0.2) is 54.6 Å². The van der Waals surface area contributed by atoms with Crippen LogP contribution in [-0.4, -0.2) is 27.3 Å². The first kappa shape index (κ1) is 22.7. The Morgan fingerprint density at radius 1 is 0.794 bits per heavy atom. The van der Waals surface area contributed by atoms with Crippen molar-refractivity contribution >= 4 is 33.4 Å². The topological polar surface area (TPSA) is 17.8 Å². The number of hydrogen-bond acceptors (Lipinski definition) is 2. The highest BCUT2D eigenvalue weighted by atomic mass is 32.1. The molecule has 2 aromatic heterocycles. The molecule has 176 valence electrons. The van der Waals surface area contributed by atoms with Crippen LogP contribution >= 0.6 is 11.3 Å². The summed E-state index contributed by atoms with van der Waals surface area (Å²) in [6, 6.07) is 14.8. The fourth-order valence-electron chi connectivity index (χ4n) is 4.54. The summed E-state index contributed by atoms with van der Waals surface area (Å²) in [7, 11) is 1.58. The minimum atomic E-state index is -5.63. The lowest BCUT2D eigenvalue weighted by Crippen LogP contribution is -2.49. The van der Waals surface area contributed by atoms with Gasteiger partial charge in [0.05, 0.1) is 11.3 Å². The molecule has 2 nitrogen and oxygen atoms in total. The number of aryl methyl sites for hydroxylation is 2. The summed E-state index contributed by atoms with van der Waals surface area (Å²) in [5, 5.41) is 0.475. The van der Waals surface area contributed by atoms with Crippen molar-refractivity contribution in [2.45, 2.75) is 31.6 Å². The van der Waals surface area contributed by atoms with E-state index in [-0.39, 0.29) is 26.5 Å². The van der Waals surface area contributed by atoms with Gasteiger partial charge in [0.1, 0.15) is 5.01 Å². The van der Waals surface area contributed by atoms with Crippen molar-refractivity contribution in [2.75, 3.05) is 0 Å². The second-order valence-electron chi connectivity index (χ2n) is 8.30. The third-order valence-corrected chi connectivity index (χ3v) is 7.39. The summed E-state index contributed by atoms with van der Waals surface area (Å²) in [4.78, 5) is 4.34. The molecule has 2 heterocycles. The summed E-state index contributed by atoms with van der Waals surface area (Å²) in [6.45, 7) is 2.87. The average molecular weight is 492 g/mol. The summed E-state index contributed by atoms with van der Waals surface area (Å²) >= 11 is 0.992. The Bertz CT molecular complexity index is 1460. The van der Waals surface area contributed by atoms with Gasteiger partial charge in [-0.25, -0.2) is 4.98 Å². The molecule has 34 heavy (non-hydrogen) atoms. The van der Waals surface area contributed by atoms with E-state index in [1.165, 1.54) is 24.5 Å². The molecule has 0 fully saturated rings. The zero-order valence-electron chi connectivity index (χ0n) is 18.3. The maximum absolute atomic E-state index is 15.4. The Hall–Kier alpha value is -3.07. The van der Waals surface area contributed by atoms with E-state index in [1.54, 1.807) is 55.6 Å². The first-order chi connectivity index (χ1) is 15.9. The van der Waals surface area contributed by atoms with Crippen LogP contribution in [0.3, 0.4) is 0 Å². The Kier molecular flexibility index (Phi) is 4.82. The summed E-state index contributed by atoms with van der Waals surface area (Å²) in [5.41, 5.74) is -2.42. The molecular formula is C25H18F6N2S. The Balaban J connectivity index is 1.90. The van der Waals surface area contributed by atoms with Gasteiger partial charge in [0.25, 0.3) is 0 Å². The van der Waals surface area contributed by atoms with Crippen molar-refractivity contribution in [2.24, 2.45) is 7.05 Å². The molecule has 4 aromatic rings. The van der Waals surface area contributed by atoms with Gasteiger partial charge in [-0.1, -0.05) is 48.5 Å². The number of rotatable bonds is 3. The SMILES string of the molecule is Cc1sc(-c2ccccc2)nc1C1=C(c2c(C)n(C)c3ccccc23)C(F)(F)C(F)(F)C1(F)F. The minimum Gasteiger partial charge on any atom is -0.347 e. The van der Waals surface area contributed by atoms with Gasteiger partial charge in [-0.2, -0.15) is 26.3 Å². The predicted octanol–water partition coefficient (Wildman–Crippen LogP) is 7.75. The molecule has 0 saturated heterocycles. The number of allylic oxidation sites excluding steroid dienone is 2. The van der Waals surface area contributed by atoms with Crippen LogP contribution in [0.4, 0.5) is 26.3 Å². The molecule has 1 aliphatic carbocycles. The van der Waals surface area contributed by atoms with Crippen LogP contribution in [0.25, 0.3) is 32.6 Å². The molecule has 1 aliphatic rings. The second kappa shape index (κ2) is 7.21. The zero-order chi connectivity index (χ0) is 24.6. The van der Waals surface area contributed by atoms with E-state index < -0.39 is 34.6 Å². The molecule has 5 rings (SSSR count). The monoisotopic (exact) mass is 492 g/mol. The number of alkyl halides is 6. The number of thiazole rings is 1. The average Bonchev–Trinajstić information content (AvgIpc) is 3.32. The molecule has 0 N–H and O–H groups in total. The number of halogens is 6. The molecule has 0 spiro atoms. The Morgan fingerprint density at radius 2 is 1.38 bits per heavy atom. The van der Waals surface area contributed by atoms with Gasteiger partial charge < -0.3 is 4.57 Å². The van der Waals surface area contributed by atoms with Crippen molar-refractivity contribution in [1.29, 1.82) is 0 Å². The first-order valence-electron chi connectivity index (χ1n) is 10.4. The quantitative estimate of drug-likeness (QED) is 0.268. The van der Waals surface area contributed by atoms with Gasteiger partial charge in [0, 0.05) is 45.2 Å². The standard InChI is InChI=1S/C25H18F6N2S/c1-13-18(16-11-7-8-12-17(16)33(13)3)19-20(24(28,29)25(30,31)23(19,26)27)21-14(2)34-22(32-21)15-9-5-4-6-10-15/h4-12H,1-3H3. The minimum absolute atomic E-state index is 0.150. The van der Waals surface area contributed by atoms with Crippen LogP contribution in [0.5, 0.6) is 0 Å². The van der Waals surface area contributed by atoms with Crippen molar-refractivity contribution in [1.82, 2.24) is 9.55 Å². The summed E-state index contributed by atoms with van der Waals surface area (Å²) in [6.07, 6.45) is 0.